The average Bonchev–Trinajstić information content (AvgIpc) is 3.68. The molecule has 9 nitrogen and oxygen atoms in total. The third kappa shape index (κ3) is 7.46. The number of ether oxygens (including phenoxy) is 2. The van der Waals surface area contributed by atoms with E-state index < -0.39 is 14.3 Å². The summed E-state index contributed by atoms with van der Waals surface area (Å²) in [5, 5.41) is 29.0. The Kier molecular flexibility index (Phi) is 11.9. The Hall–Kier alpha value is -3.77. The Morgan fingerprint density at radius 3 is 2.38 bits per heavy atom. The molecule has 50 heavy (non-hydrogen) atoms. The monoisotopic (exact) mass is 715 g/mol. The second-order valence-corrected chi connectivity index (χ2v) is 16.9. The third-order valence-electron chi connectivity index (χ3n) is 9.71. The van der Waals surface area contributed by atoms with E-state index in [4.69, 9.17) is 25.5 Å². The fourth-order valence-corrected chi connectivity index (χ4v) is 11.7. The molecule has 1 aliphatic rings. The lowest BCUT2D eigenvalue weighted by Crippen LogP contribution is -2.60. The van der Waals surface area contributed by atoms with E-state index in [0.29, 0.717) is 64.7 Å². The molecule has 6 rings (SSSR count). The van der Waals surface area contributed by atoms with Crippen molar-refractivity contribution in [2.24, 2.45) is 7.05 Å². The number of aromatic nitrogens is 3. The summed E-state index contributed by atoms with van der Waals surface area (Å²) in [5.41, 5.74) is 3.77. The van der Waals surface area contributed by atoms with Gasteiger partial charge in [0.2, 0.25) is 0 Å². The van der Waals surface area contributed by atoms with Gasteiger partial charge in [-0.25, -0.2) is 4.79 Å². The molecular weight excluding hydrogens is 670 g/mol. The standard InChI is InChI=1S/C39H46ClN3O6Si/c1-3-4-24-50(27-14-7-5-8-15-27,28-16-9-6-10-17-28)49-23-13-18-29-30-20-21-31(40)35(37(30)41-38(29)39(45)46)36-32(25-44)42-43(2)33(36)26-48-34-19-11-12-22-47-34/h5-10,14-17,20-21,34,41,44H,3-4,11-13,18-19,22-26H2,1-2H3,(H,45,46). The topological polar surface area (TPSA) is 119 Å². The minimum Gasteiger partial charge on any atom is -0.477 e. The molecule has 3 heterocycles. The number of hydrogen-bond donors (Lipinski definition) is 3. The lowest BCUT2D eigenvalue weighted by molar-refractivity contribution is -0.169. The van der Waals surface area contributed by atoms with E-state index in [0.717, 1.165) is 43.5 Å². The van der Waals surface area contributed by atoms with Gasteiger partial charge in [0.15, 0.2) is 6.29 Å². The molecule has 0 saturated carbocycles. The highest BCUT2D eigenvalue weighted by atomic mass is 35.5. The zero-order valence-corrected chi connectivity index (χ0v) is 30.5. The molecule has 1 atom stereocenters. The molecule has 0 radical (unpaired) electrons. The molecule has 2 aromatic heterocycles. The molecule has 5 aromatic rings. The second-order valence-electron chi connectivity index (χ2n) is 12.9. The molecule has 1 unspecified atom stereocenters. The van der Waals surface area contributed by atoms with Crippen molar-refractivity contribution < 1.29 is 28.9 Å². The number of carboxylic acid groups (broad SMARTS) is 1. The Balaban J connectivity index is 1.32. The number of nitrogens with one attached hydrogen (secondary N) is 1. The first kappa shape index (κ1) is 36.0. The average molecular weight is 716 g/mol. The van der Waals surface area contributed by atoms with E-state index in [2.05, 4.69) is 65.5 Å². The molecule has 0 aliphatic carbocycles. The summed E-state index contributed by atoms with van der Waals surface area (Å²) in [6.45, 7) is 3.22. The highest BCUT2D eigenvalue weighted by Gasteiger charge is 2.39. The fraction of sp³-hybridized carbons (Fsp3) is 0.385. The first-order chi connectivity index (χ1) is 24.4. The van der Waals surface area contributed by atoms with E-state index in [1.165, 1.54) is 10.4 Å². The molecule has 264 valence electrons. The number of aliphatic hydroxyl groups is 1. The van der Waals surface area contributed by atoms with E-state index in [-0.39, 0.29) is 25.2 Å². The molecule has 1 aliphatic heterocycles. The van der Waals surface area contributed by atoms with Crippen LogP contribution < -0.4 is 10.4 Å². The van der Waals surface area contributed by atoms with Gasteiger partial charge in [0.25, 0.3) is 8.32 Å². The number of nitrogens with zero attached hydrogens (tertiary/aromatic N) is 2. The molecule has 3 N–H and O–H groups in total. The van der Waals surface area contributed by atoms with Gasteiger partial charge in [-0.2, -0.15) is 5.10 Å². The maximum Gasteiger partial charge on any atom is 0.352 e. The minimum atomic E-state index is -2.57. The normalized spacial score (nSPS) is 15.2. The molecule has 0 amide bonds. The Morgan fingerprint density at radius 1 is 1.04 bits per heavy atom. The first-order valence-electron chi connectivity index (χ1n) is 17.6. The van der Waals surface area contributed by atoms with Crippen LogP contribution in [0.3, 0.4) is 0 Å². The number of aromatic amines is 1. The predicted octanol–water partition coefficient (Wildman–Crippen LogP) is 6.96. The van der Waals surface area contributed by atoms with E-state index >= 15 is 0 Å². The number of aliphatic hydroxyl groups excluding tert-OH is 1. The lowest BCUT2D eigenvalue weighted by Gasteiger charge is -2.33. The molecule has 1 fully saturated rings. The van der Waals surface area contributed by atoms with Gasteiger partial charge in [-0.1, -0.05) is 98.1 Å². The van der Waals surface area contributed by atoms with Crippen molar-refractivity contribution in [2.75, 3.05) is 13.2 Å². The van der Waals surface area contributed by atoms with Gasteiger partial charge in [-0.05, 0) is 60.2 Å². The molecule has 11 heteroatoms. The summed E-state index contributed by atoms with van der Waals surface area (Å²) in [4.78, 5) is 15.9. The van der Waals surface area contributed by atoms with Crippen LogP contribution in [0.1, 0.15) is 72.9 Å². The Morgan fingerprint density at radius 2 is 1.76 bits per heavy atom. The largest absolute Gasteiger partial charge is 0.477 e. The van der Waals surface area contributed by atoms with Crippen LogP contribution >= 0.6 is 11.6 Å². The van der Waals surface area contributed by atoms with Gasteiger partial charge in [-0.3, -0.25) is 4.68 Å². The third-order valence-corrected chi connectivity index (χ3v) is 14.3. The van der Waals surface area contributed by atoms with Crippen LogP contribution in [0.5, 0.6) is 0 Å². The van der Waals surface area contributed by atoms with Crippen molar-refractivity contribution in [2.45, 2.75) is 77.4 Å². The summed E-state index contributed by atoms with van der Waals surface area (Å²) in [5.74, 6) is -1.05. The van der Waals surface area contributed by atoms with E-state index in [1.54, 1.807) is 17.8 Å². The van der Waals surface area contributed by atoms with Crippen molar-refractivity contribution in [3.63, 3.8) is 0 Å². The Labute approximate surface area is 299 Å². The van der Waals surface area contributed by atoms with Crippen molar-refractivity contribution >= 4 is 47.2 Å². The number of carbonyl (C=O) groups is 1. The van der Waals surface area contributed by atoms with Crippen LogP contribution in [-0.4, -0.2) is 58.8 Å². The van der Waals surface area contributed by atoms with Gasteiger partial charge in [0, 0.05) is 36.8 Å². The summed E-state index contributed by atoms with van der Waals surface area (Å²) in [6.07, 6.45) is 5.76. The maximum atomic E-state index is 12.7. The van der Waals surface area contributed by atoms with Crippen LogP contribution in [0, 0.1) is 0 Å². The van der Waals surface area contributed by atoms with Crippen LogP contribution in [0.4, 0.5) is 0 Å². The minimum absolute atomic E-state index is 0.118. The fourth-order valence-electron chi connectivity index (χ4n) is 7.21. The smallest absolute Gasteiger partial charge is 0.352 e. The highest BCUT2D eigenvalue weighted by Crippen LogP contribution is 2.41. The summed E-state index contributed by atoms with van der Waals surface area (Å²) in [7, 11) is -0.771. The van der Waals surface area contributed by atoms with Gasteiger partial charge in [0.05, 0.1) is 35.1 Å². The number of unbranched alkanes of at least 4 members (excludes halogenated alkanes) is 1. The number of H-pyrrole nitrogens is 1. The van der Waals surface area contributed by atoms with Crippen LogP contribution in [0.2, 0.25) is 11.1 Å². The number of aromatic carboxylic acids is 1. The number of benzene rings is 3. The number of carboxylic acids is 1. The molecule has 1 saturated heterocycles. The zero-order valence-electron chi connectivity index (χ0n) is 28.8. The Bertz CT molecular complexity index is 1850. The zero-order chi connectivity index (χ0) is 35.1. The van der Waals surface area contributed by atoms with E-state index in [1.807, 2.05) is 18.2 Å². The number of halogens is 1. The number of hydrogen-bond acceptors (Lipinski definition) is 6. The van der Waals surface area contributed by atoms with Gasteiger partial charge < -0.3 is 29.1 Å². The van der Waals surface area contributed by atoms with Gasteiger partial charge >= 0.3 is 5.97 Å². The van der Waals surface area contributed by atoms with Crippen molar-refractivity contribution in [1.82, 2.24) is 14.8 Å². The van der Waals surface area contributed by atoms with Crippen molar-refractivity contribution in [3.05, 3.63) is 100 Å². The van der Waals surface area contributed by atoms with Crippen LogP contribution in [-0.2, 0) is 40.6 Å². The van der Waals surface area contributed by atoms with Crippen molar-refractivity contribution in [1.29, 1.82) is 0 Å². The van der Waals surface area contributed by atoms with Crippen LogP contribution in [0.15, 0.2) is 72.8 Å². The quantitative estimate of drug-likeness (QED) is 0.0747. The summed E-state index contributed by atoms with van der Waals surface area (Å²) >= 11 is 6.91. The summed E-state index contributed by atoms with van der Waals surface area (Å²) in [6, 6.07) is 25.7. The highest BCUT2D eigenvalue weighted by molar-refractivity contribution is 6.97. The molecule has 3 aromatic carbocycles. The van der Waals surface area contributed by atoms with Gasteiger partial charge in [0.1, 0.15) is 5.69 Å². The van der Waals surface area contributed by atoms with Crippen molar-refractivity contribution in [3.8, 4) is 11.1 Å². The number of fused-ring (bicyclic) bond motifs is 1. The van der Waals surface area contributed by atoms with Gasteiger partial charge in [-0.15, -0.1) is 0 Å². The van der Waals surface area contributed by atoms with Crippen LogP contribution in [0.25, 0.3) is 22.0 Å². The maximum absolute atomic E-state index is 12.7. The SMILES string of the molecule is CCCC[Si](OCCCc1c(C(=O)O)[nH]c2c(-c3c(CO)nn(C)c3COC3CCCCO3)c(Cl)ccc12)(c1ccccc1)c1ccccc1. The number of aryl methyl sites for hydroxylation is 2. The predicted molar refractivity (Wildman–Crippen MR) is 199 cm³/mol. The summed E-state index contributed by atoms with van der Waals surface area (Å²) < 4.78 is 20.7. The number of rotatable bonds is 16. The molecule has 0 bridgehead atoms. The van der Waals surface area contributed by atoms with E-state index in [9.17, 15) is 15.0 Å². The lowest BCUT2D eigenvalue weighted by atomic mass is 9.98. The first-order valence-corrected chi connectivity index (χ1v) is 20.1. The molecular formula is C39H46ClN3O6Si. The molecule has 0 spiro atoms. The second kappa shape index (κ2) is 16.5.